The van der Waals surface area contributed by atoms with Gasteiger partial charge in [-0.15, -0.1) is 11.3 Å². The molecule has 1 aliphatic heterocycles. The molecule has 0 unspecified atom stereocenters. The summed E-state index contributed by atoms with van der Waals surface area (Å²) < 4.78 is 6.51. The molecule has 0 bridgehead atoms. The molecule has 1 fully saturated rings. The van der Waals surface area contributed by atoms with Crippen LogP contribution < -0.4 is 0 Å². The minimum absolute atomic E-state index is 0.148. The molecule has 1 saturated heterocycles. The molecule has 2 heterocycles. The molecule has 5 heteroatoms. The molecule has 1 aliphatic rings. The highest BCUT2D eigenvalue weighted by atomic mass is 32.1. The fraction of sp³-hybridized carbons (Fsp3) is 0.500. The summed E-state index contributed by atoms with van der Waals surface area (Å²) in [5.41, 5.74) is 1.03. The second-order valence-electron chi connectivity index (χ2n) is 6.56. The number of hydrogen-bond acceptors (Lipinski definition) is 4. The van der Waals surface area contributed by atoms with Gasteiger partial charge in [-0.05, 0) is 31.5 Å². The molecule has 0 aliphatic carbocycles. The number of methoxy groups -OCH3 is 1. The lowest BCUT2D eigenvalue weighted by Crippen LogP contribution is -2.35. The Hall–Kier alpha value is -1.43. The van der Waals surface area contributed by atoms with Crippen molar-refractivity contribution < 1.29 is 9.53 Å². The summed E-state index contributed by atoms with van der Waals surface area (Å²) in [6, 6.07) is 8.61. The minimum atomic E-state index is 0.148. The molecule has 3 rings (SSSR count). The molecule has 0 radical (unpaired) electrons. The van der Waals surface area contributed by atoms with Crippen LogP contribution in [-0.4, -0.2) is 56.0 Å². The summed E-state index contributed by atoms with van der Waals surface area (Å²) >= 11 is 1.58. The number of rotatable bonds is 4. The average Bonchev–Trinajstić information content (AvgIpc) is 3.09. The van der Waals surface area contributed by atoms with Gasteiger partial charge in [0.1, 0.15) is 0 Å². The van der Waals surface area contributed by atoms with E-state index in [0.29, 0.717) is 18.6 Å². The van der Waals surface area contributed by atoms with Crippen molar-refractivity contribution in [3.8, 4) is 0 Å². The maximum atomic E-state index is 13.1. The van der Waals surface area contributed by atoms with Crippen LogP contribution in [0.3, 0.4) is 0 Å². The normalized spacial score (nSPS) is 21.5. The van der Waals surface area contributed by atoms with Crippen LogP contribution in [0.15, 0.2) is 24.3 Å². The molecule has 1 amide bonds. The van der Waals surface area contributed by atoms with Gasteiger partial charge in [-0.3, -0.25) is 4.79 Å². The van der Waals surface area contributed by atoms with Crippen molar-refractivity contribution in [1.29, 1.82) is 0 Å². The molecular formula is C18H24N2O2S. The fourth-order valence-electron chi connectivity index (χ4n) is 3.49. The van der Waals surface area contributed by atoms with Gasteiger partial charge in [0.05, 0.1) is 11.5 Å². The van der Waals surface area contributed by atoms with E-state index in [0.717, 1.165) is 33.6 Å². The van der Waals surface area contributed by atoms with Crippen molar-refractivity contribution in [2.45, 2.75) is 19.6 Å². The minimum Gasteiger partial charge on any atom is -0.380 e. The van der Waals surface area contributed by atoms with Crippen molar-refractivity contribution in [1.82, 2.24) is 9.80 Å². The van der Waals surface area contributed by atoms with Crippen molar-refractivity contribution >= 4 is 27.3 Å². The number of thiophene rings is 1. The Morgan fingerprint density at radius 1 is 1.35 bits per heavy atom. The zero-order chi connectivity index (χ0) is 16.6. The van der Waals surface area contributed by atoms with Crippen LogP contribution in [0.25, 0.3) is 10.1 Å². The van der Waals surface area contributed by atoms with Crippen LogP contribution in [0, 0.1) is 5.92 Å². The number of hydrogen-bond donors (Lipinski definition) is 0. The third-order valence-electron chi connectivity index (χ3n) is 4.70. The van der Waals surface area contributed by atoms with Gasteiger partial charge in [-0.25, -0.2) is 0 Å². The standard InChI is InChI=1S/C18H24N2O2S/c1-12-9-20(10-15(12)19(2)3)18(21)17-14(11-22-4)13-7-5-6-8-16(13)23-17/h5-8,12,15H,9-11H2,1-4H3/t12-,15-/m0/s1. The first-order valence-electron chi connectivity index (χ1n) is 7.98. The lowest BCUT2D eigenvalue weighted by molar-refractivity contribution is 0.0782. The van der Waals surface area contributed by atoms with Crippen LogP contribution >= 0.6 is 11.3 Å². The van der Waals surface area contributed by atoms with Crippen LogP contribution in [0.4, 0.5) is 0 Å². The average molecular weight is 332 g/mol. The Morgan fingerprint density at radius 3 is 2.74 bits per heavy atom. The molecule has 124 valence electrons. The van der Waals surface area contributed by atoms with Gasteiger partial charge < -0.3 is 14.5 Å². The van der Waals surface area contributed by atoms with Gasteiger partial charge in [0, 0.05) is 36.5 Å². The number of likely N-dealkylation sites (N-methyl/N-ethyl adjacent to an activating group) is 1. The summed E-state index contributed by atoms with van der Waals surface area (Å²) in [5.74, 6) is 0.642. The Bertz CT molecular complexity index is 710. The third-order valence-corrected chi connectivity index (χ3v) is 5.91. The highest BCUT2D eigenvalue weighted by Crippen LogP contribution is 2.34. The van der Waals surface area contributed by atoms with Gasteiger partial charge in [0.2, 0.25) is 0 Å². The Labute approximate surface area is 141 Å². The summed E-state index contributed by atoms with van der Waals surface area (Å²) in [6.07, 6.45) is 0. The Morgan fingerprint density at radius 2 is 2.09 bits per heavy atom. The van der Waals surface area contributed by atoms with E-state index < -0.39 is 0 Å². The van der Waals surface area contributed by atoms with Crippen molar-refractivity contribution in [2.24, 2.45) is 5.92 Å². The molecule has 0 saturated carbocycles. The zero-order valence-corrected chi connectivity index (χ0v) is 15.0. The Kier molecular flexibility index (Phi) is 4.71. The summed E-state index contributed by atoms with van der Waals surface area (Å²) in [6.45, 7) is 4.32. The van der Waals surface area contributed by atoms with E-state index in [1.165, 1.54) is 0 Å². The molecule has 1 aromatic carbocycles. The number of amides is 1. The van der Waals surface area contributed by atoms with Gasteiger partial charge in [-0.1, -0.05) is 25.1 Å². The molecule has 1 aromatic heterocycles. The van der Waals surface area contributed by atoms with Gasteiger partial charge >= 0.3 is 0 Å². The topological polar surface area (TPSA) is 32.8 Å². The molecule has 23 heavy (non-hydrogen) atoms. The number of likely N-dealkylation sites (tertiary alicyclic amines) is 1. The van der Waals surface area contributed by atoms with Gasteiger partial charge in [0.25, 0.3) is 5.91 Å². The first kappa shape index (κ1) is 16.4. The monoisotopic (exact) mass is 332 g/mol. The van der Waals surface area contributed by atoms with Crippen LogP contribution in [-0.2, 0) is 11.3 Å². The smallest absolute Gasteiger partial charge is 0.264 e. The predicted molar refractivity (Wildman–Crippen MR) is 95.1 cm³/mol. The molecular weight excluding hydrogens is 308 g/mol. The first-order valence-corrected chi connectivity index (χ1v) is 8.79. The maximum absolute atomic E-state index is 13.1. The number of ether oxygens (including phenoxy) is 1. The molecule has 2 aromatic rings. The second kappa shape index (κ2) is 6.59. The molecule has 0 N–H and O–H groups in total. The lowest BCUT2D eigenvalue weighted by atomic mass is 10.1. The van der Waals surface area contributed by atoms with Crippen LogP contribution in [0.5, 0.6) is 0 Å². The highest BCUT2D eigenvalue weighted by Gasteiger charge is 2.35. The SMILES string of the molecule is COCc1c(C(=O)N2C[C@H](C)[C@@H](N(C)C)C2)sc2ccccc12. The van der Waals surface area contributed by atoms with E-state index in [1.54, 1.807) is 18.4 Å². The van der Waals surface area contributed by atoms with Crippen LogP contribution in [0.2, 0.25) is 0 Å². The van der Waals surface area contributed by atoms with E-state index in [-0.39, 0.29) is 5.91 Å². The molecule has 4 nitrogen and oxygen atoms in total. The number of carbonyl (C=O) groups excluding carboxylic acids is 1. The number of nitrogens with zero attached hydrogens (tertiary/aromatic N) is 2. The van der Waals surface area contributed by atoms with Crippen molar-refractivity contribution in [3.05, 3.63) is 34.7 Å². The zero-order valence-electron chi connectivity index (χ0n) is 14.2. The largest absolute Gasteiger partial charge is 0.380 e. The van der Waals surface area contributed by atoms with E-state index in [4.69, 9.17) is 4.74 Å². The Balaban J connectivity index is 1.94. The number of carbonyl (C=O) groups is 1. The predicted octanol–water partition coefficient (Wildman–Crippen LogP) is 3.07. The van der Waals surface area contributed by atoms with Crippen molar-refractivity contribution in [3.63, 3.8) is 0 Å². The molecule has 0 spiro atoms. The third kappa shape index (κ3) is 3.01. The van der Waals surface area contributed by atoms with E-state index >= 15 is 0 Å². The maximum Gasteiger partial charge on any atom is 0.264 e. The van der Waals surface area contributed by atoms with Gasteiger partial charge in [-0.2, -0.15) is 0 Å². The van der Waals surface area contributed by atoms with Gasteiger partial charge in [0.15, 0.2) is 0 Å². The number of fused-ring (bicyclic) bond motifs is 1. The second-order valence-corrected chi connectivity index (χ2v) is 7.61. The van der Waals surface area contributed by atoms with E-state index in [9.17, 15) is 4.79 Å². The highest BCUT2D eigenvalue weighted by molar-refractivity contribution is 7.21. The summed E-state index contributed by atoms with van der Waals surface area (Å²) in [5, 5.41) is 1.14. The summed E-state index contributed by atoms with van der Waals surface area (Å²) in [7, 11) is 5.86. The number of benzene rings is 1. The molecule has 2 atom stereocenters. The summed E-state index contributed by atoms with van der Waals surface area (Å²) in [4.78, 5) is 18.1. The van der Waals surface area contributed by atoms with E-state index in [1.807, 2.05) is 17.0 Å². The van der Waals surface area contributed by atoms with E-state index in [2.05, 4.69) is 38.1 Å². The van der Waals surface area contributed by atoms with Crippen molar-refractivity contribution in [2.75, 3.05) is 34.3 Å². The fourth-order valence-corrected chi connectivity index (χ4v) is 4.67. The lowest BCUT2D eigenvalue weighted by Gasteiger charge is -2.22. The first-order chi connectivity index (χ1) is 11.0. The quantitative estimate of drug-likeness (QED) is 0.863. The van der Waals surface area contributed by atoms with Crippen LogP contribution in [0.1, 0.15) is 22.2 Å².